The van der Waals surface area contributed by atoms with Gasteiger partial charge in [0.15, 0.2) is 0 Å². The SMILES string of the molecule is CC(N)CCC(C)c1ccc(O)cc1. The molecule has 0 spiro atoms. The Labute approximate surface area is 85.8 Å². The lowest BCUT2D eigenvalue weighted by Crippen LogP contribution is -2.15. The summed E-state index contributed by atoms with van der Waals surface area (Å²) in [4.78, 5) is 0. The molecule has 0 fully saturated rings. The van der Waals surface area contributed by atoms with Gasteiger partial charge in [0.2, 0.25) is 0 Å². The van der Waals surface area contributed by atoms with Crippen molar-refractivity contribution in [2.24, 2.45) is 5.73 Å². The van der Waals surface area contributed by atoms with Crippen LogP contribution in [0, 0.1) is 0 Å². The number of phenols is 1. The second-order valence-corrected chi connectivity index (χ2v) is 4.05. The summed E-state index contributed by atoms with van der Waals surface area (Å²) in [5.74, 6) is 0.842. The summed E-state index contributed by atoms with van der Waals surface area (Å²) in [7, 11) is 0. The van der Waals surface area contributed by atoms with Gasteiger partial charge < -0.3 is 10.8 Å². The minimum atomic E-state index is 0.273. The monoisotopic (exact) mass is 193 g/mol. The Morgan fingerprint density at radius 1 is 1.14 bits per heavy atom. The largest absolute Gasteiger partial charge is 0.508 e. The summed E-state index contributed by atoms with van der Waals surface area (Å²) in [5.41, 5.74) is 6.97. The third kappa shape index (κ3) is 3.38. The first-order valence-corrected chi connectivity index (χ1v) is 5.14. The van der Waals surface area contributed by atoms with E-state index in [0.29, 0.717) is 11.7 Å². The van der Waals surface area contributed by atoms with Gasteiger partial charge in [-0.15, -0.1) is 0 Å². The van der Waals surface area contributed by atoms with Crippen molar-refractivity contribution in [3.05, 3.63) is 29.8 Å². The molecule has 2 heteroatoms. The van der Waals surface area contributed by atoms with Crippen molar-refractivity contribution in [3.63, 3.8) is 0 Å². The first-order valence-electron chi connectivity index (χ1n) is 5.14. The molecule has 0 aliphatic heterocycles. The molecule has 0 amide bonds. The maximum atomic E-state index is 9.14. The summed E-state index contributed by atoms with van der Waals surface area (Å²) in [6.45, 7) is 4.22. The number of nitrogens with two attached hydrogens (primary N) is 1. The van der Waals surface area contributed by atoms with Gasteiger partial charge in [0.25, 0.3) is 0 Å². The van der Waals surface area contributed by atoms with E-state index in [9.17, 15) is 0 Å². The first-order chi connectivity index (χ1) is 6.59. The van der Waals surface area contributed by atoms with Crippen LogP contribution < -0.4 is 5.73 Å². The summed E-state index contributed by atoms with van der Waals surface area (Å²) in [6, 6.07) is 7.69. The number of hydrogen-bond acceptors (Lipinski definition) is 2. The molecule has 78 valence electrons. The van der Waals surface area contributed by atoms with E-state index in [4.69, 9.17) is 10.8 Å². The van der Waals surface area contributed by atoms with E-state index in [1.807, 2.05) is 19.1 Å². The maximum Gasteiger partial charge on any atom is 0.115 e. The second kappa shape index (κ2) is 5.01. The van der Waals surface area contributed by atoms with Crippen LogP contribution in [-0.2, 0) is 0 Å². The van der Waals surface area contributed by atoms with Gasteiger partial charge in [0.1, 0.15) is 5.75 Å². The average Bonchev–Trinajstić information content (AvgIpc) is 2.15. The lowest BCUT2D eigenvalue weighted by Gasteiger charge is -2.13. The highest BCUT2D eigenvalue weighted by atomic mass is 16.3. The van der Waals surface area contributed by atoms with Crippen LogP contribution in [0.15, 0.2) is 24.3 Å². The average molecular weight is 193 g/mol. The molecule has 2 atom stereocenters. The Morgan fingerprint density at radius 3 is 2.21 bits per heavy atom. The predicted molar refractivity (Wildman–Crippen MR) is 59.4 cm³/mol. The topological polar surface area (TPSA) is 46.2 Å². The molecule has 3 N–H and O–H groups in total. The zero-order valence-corrected chi connectivity index (χ0v) is 8.90. The number of phenolic OH excluding ortho intramolecular Hbond substituents is 1. The zero-order chi connectivity index (χ0) is 10.6. The van der Waals surface area contributed by atoms with E-state index in [1.54, 1.807) is 12.1 Å². The minimum absolute atomic E-state index is 0.273. The van der Waals surface area contributed by atoms with Gasteiger partial charge in [-0.1, -0.05) is 19.1 Å². The third-order valence-corrected chi connectivity index (χ3v) is 2.52. The Balaban J connectivity index is 2.52. The Bertz CT molecular complexity index is 266. The molecule has 0 saturated carbocycles. The van der Waals surface area contributed by atoms with Crippen LogP contribution in [0.4, 0.5) is 0 Å². The van der Waals surface area contributed by atoms with Crippen molar-refractivity contribution < 1.29 is 5.11 Å². The standard InChI is InChI=1S/C12H19NO/c1-9(3-4-10(2)13)11-5-7-12(14)8-6-11/h5-10,14H,3-4,13H2,1-2H3. The lowest BCUT2D eigenvalue weighted by atomic mass is 9.95. The highest BCUT2D eigenvalue weighted by molar-refractivity contribution is 5.27. The molecule has 0 aliphatic rings. The lowest BCUT2D eigenvalue weighted by molar-refractivity contribution is 0.474. The smallest absolute Gasteiger partial charge is 0.115 e. The highest BCUT2D eigenvalue weighted by Crippen LogP contribution is 2.22. The van der Waals surface area contributed by atoms with E-state index in [1.165, 1.54) is 5.56 Å². The van der Waals surface area contributed by atoms with Crippen LogP contribution in [0.5, 0.6) is 5.75 Å². The molecule has 1 aromatic carbocycles. The van der Waals surface area contributed by atoms with E-state index < -0.39 is 0 Å². The summed E-state index contributed by atoms with van der Waals surface area (Å²) in [5, 5.41) is 9.14. The van der Waals surface area contributed by atoms with Crippen LogP contribution >= 0.6 is 0 Å². The number of rotatable bonds is 4. The van der Waals surface area contributed by atoms with E-state index in [2.05, 4.69) is 6.92 Å². The van der Waals surface area contributed by atoms with Gasteiger partial charge in [0, 0.05) is 6.04 Å². The fourth-order valence-corrected chi connectivity index (χ4v) is 1.48. The first kappa shape index (κ1) is 11.1. The summed E-state index contributed by atoms with van der Waals surface area (Å²) >= 11 is 0. The zero-order valence-electron chi connectivity index (χ0n) is 8.90. The quantitative estimate of drug-likeness (QED) is 0.772. The van der Waals surface area contributed by atoms with Crippen molar-refractivity contribution >= 4 is 0 Å². The van der Waals surface area contributed by atoms with Gasteiger partial charge in [0.05, 0.1) is 0 Å². The molecule has 1 rings (SSSR count). The molecule has 2 nitrogen and oxygen atoms in total. The van der Waals surface area contributed by atoms with E-state index >= 15 is 0 Å². The Hall–Kier alpha value is -1.02. The van der Waals surface area contributed by atoms with Crippen LogP contribution in [0.1, 0.15) is 38.2 Å². The van der Waals surface area contributed by atoms with Crippen LogP contribution in [0.2, 0.25) is 0 Å². The molecule has 14 heavy (non-hydrogen) atoms. The molecule has 0 heterocycles. The van der Waals surface area contributed by atoms with Gasteiger partial charge in [-0.25, -0.2) is 0 Å². The predicted octanol–water partition coefficient (Wildman–Crippen LogP) is 2.62. The maximum absolute atomic E-state index is 9.14. The molecular formula is C12H19NO. The van der Waals surface area contributed by atoms with Crippen molar-refractivity contribution in [1.82, 2.24) is 0 Å². The number of aromatic hydroxyl groups is 1. The molecule has 0 saturated heterocycles. The van der Waals surface area contributed by atoms with Gasteiger partial charge in [-0.2, -0.15) is 0 Å². The minimum Gasteiger partial charge on any atom is -0.508 e. The molecule has 0 bridgehead atoms. The Kier molecular flexibility index (Phi) is 3.96. The summed E-state index contributed by atoms with van der Waals surface area (Å²) < 4.78 is 0. The van der Waals surface area contributed by atoms with E-state index in [0.717, 1.165) is 12.8 Å². The van der Waals surface area contributed by atoms with Crippen LogP contribution in [-0.4, -0.2) is 11.1 Å². The van der Waals surface area contributed by atoms with Gasteiger partial charge >= 0.3 is 0 Å². The molecular weight excluding hydrogens is 174 g/mol. The molecule has 1 aromatic rings. The van der Waals surface area contributed by atoms with Crippen molar-refractivity contribution in [2.75, 3.05) is 0 Å². The molecule has 0 aromatic heterocycles. The Morgan fingerprint density at radius 2 is 1.71 bits per heavy atom. The number of hydrogen-bond donors (Lipinski definition) is 2. The van der Waals surface area contributed by atoms with Crippen LogP contribution in [0.3, 0.4) is 0 Å². The second-order valence-electron chi connectivity index (χ2n) is 4.05. The van der Waals surface area contributed by atoms with Crippen LogP contribution in [0.25, 0.3) is 0 Å². The highest BCUT2D eigenvalue weighted by Gasteiger charge is 2.06. The van der Waals surface area contributed by atoms with E-state index in [-0.39, 0.29) is 6.04 Å². The molecule has 0 radical (unpaired) electrons. The molecule has 2 unspecified atom stereocenters. The molecule has 0 aliphatic carbocycles. The van der Waals surface area contributed by atoms with Gasteiger partial charge in [-0.3, -0.25) is 0 Å². The van der Waals surface area contributed by atoms with Crippen molar-refractivity contribution in [3.8, 4) is 5.75 Å². The fourth-order valence-electron chi connectivity index (χ4n) is 1.48. The normalized spacial score (nSPS) is 15.1. The van der Waals surface area contributed by atoms with Gasteiger partial charge in [-0.05, 0) is 43.4 Å². The van der Waals surface area contributed by atoms with Crippen molar-refractivity contribution in [2.45, 2.75) is 38.6 Å². The van der Waals surface area contributed by atoms with Crippen molar-refractivity contribution in [1.29, 1.82) is 0 Å². The fraction of sp³-hybridized carbons (Fsp3) is 0.500. The number of benzene rings is 1. The summed E-state index contributed by atoms with van der Waals surface area (Å²) in [6.07, 6.45) is 2.14. The third-order valence-electron chi connectivity index (χ3n) is 2.52.